The van der Waals surface area contributed by atoms with E-state index >= 15 is 0 Å². The summed E-state index contributed by atoms with van der Waals surface area (Å²) in [6, 6.07) is 1.51. The Kier molecular flexibility index (Phi) is 5.56. The predicted molar refractivity (Wildman–Crippen MR) is 75.7 cm³/mol. The average Bonchev–Trinajstić information content (AvgIpc) is 2.35. The smallest absolute Gasteiger partial charge is 0.251 e. The van der Waals surface area contributed by atoms with Gasteiger partial charge in [0.15, 0.2) is 5.16 Å². The number of carbonyl (C=O) groups is 1. The Balaban J connectivity index is 2.77. The van der Waals surface area contributed by atoms with Gasteiger partial charge in [-0.15, -0.1) is 0 Å². The third-order valence-electron chi connectivity index (χ3n) is 2.59. The fourth-order valence-electron chi connectivity index (χ4n) is 1.45. The van der Waals surface area contributed by atoms with E-state index in [2.05, 4.69) is 15.4 Å². The van der Waals surface area contributed by atoms with Gasteiger partial charge < -0.3 is 4.98 Å². The minimum atomic E-state index is -0.626. The third-order valence-corrected chi connectivity index (χ3v) is 3.93. The van der Waals surface area contributed by atoms with Crippen LogP contribution in [0.25, 0.3) is 0 Å². The first-order valence-corrected chi connectivity index (χ1v) is 7.11. The molecule has 0 aliphatic rings. The summed E-state index contributed by atoms with van der Waals surface area (Å²) in [5, 5.41) is 0.536. The zero-order valence-electron chi connectivity index (χ0n) is 11.4. The van der Waals surface area contributed by atoms with Gasteiger partial charge >= 0.3 is 0 Å². The molecule has 0 atom stereocenters. The van der Waals surface area contributed by atoms with E-state index in [0.29, 0.717) is 10.9 Å². The third kappa shape index (κ3) is 4.68. The normalized spacial score (nSPS) is 11.4. The molecule has 1 amide bonds. The minimum absolute atomic E-state index is 0.165. The number of nitrogens with two attached hydrogens (primary N) is 1. The van der Waals surface area contributed by atoms with Crippen molar-refractivity contribution in [3.8, 4) is 0 Å². The lowest BCUT2D eigenvalue weighted by Crippen LogP contribution is -2.42. The van der Waals surface area contributed by atoms with Crippen LogP contribution in [0.15, 0.2) is 16.0 Å². The second kappa shape index (κ2) is 6.72. The number of thioether (sulfide) groups is 1. The van der Waals surface area contributed by atoms with Crippen molar-refractivity contribution in [3.63, 3.8) is 0 Å². The molecule has 0 fully saturated rings. The lowest BCUT2D eigenvalue weighted by molar-refractivity contribution is -0.128. The molecule has 1 aromatic heterocycles. The highest BCUT2D eigenvalue weighted by molar-refractivity contribution is 7.99. The molecule has 0 aliphatic heterocycles. The average molecular weight is 284 g/mol. The second-order valence-corrected chi connectivity index (χ2v) is 5.90. The van der Waals surface area contributed by atoms with Crippen molar-refractivity contribution in [1.29, 1.82) is 0 Å². The highest BCUT2D eigenvalue weighted by Gasteiger charge is 2.27. The van der Waals surface area contributed by atoms with Crippen molar-refractivity contribution in [1.82, 2.24) is 15.4 Å². The van der Waals surface area contributed by atoms with Crippen molar-refractivity contribution in [2.75, 3.05) is 5.75 Å². The van der Waals surface area contributed by atoms with E-state index in [-0.39, 0.29) is 11.5 Å². The Morgan fingerprint density at radius 1 is 1.58 bits per heavy atom. The second-order valence-electron chi connectivity index (χ2n) is 4.94. The molecule has 0 bridgehead atoms. The van der Waals surface area contributed by atoms with Gasteiger partial charge in [0.1, 0.15) is 0 Å². The predicted octanol–water partition coefficient (Wildman–Crippen LogP) is 0.831. The molecule has 1 aromatic rings. The van der Waals surface area contributed by atoms with Gasteiger partial charge in [0, 0.05) is 17.5 Å². The molecule has 0 radical (unpaired) electrons. The Labute approximate surface area is 116 Å². The summed E-state index contributed by atoms with van der Waals surface area (Å²) < 4.78 is 0. The van der Waals surface area contributed by atoms with Gasteiger partial charge in [0.05, 0.1) is 5.41 Å². The number of nitrogens with zero attached hydrogens (tertiary/aromatic N) is 1. The van der Waals surface area contributed by atoms with Gasteiger partial charge in [-0.1, -0.05) is 39.0 Å². The zero-order chi connectivity index (χ0) is 14.5. The molecule has 1 heterocycles. The van der Waals surface area contributed by atoms with Crippen LogP contribution in [0.3, 0.4) is 0 Å². The molecule has 0 aromatic carbocycles. The number of nitrogens with one attached hydrogen (secondary N) is 2. The molecule has 0 spiro atoms. The number of hydrogen-bond donors (Lipinski definition) is 3. The summed E-state index contributed by atoms with van der Waals surface area (Å²) in [4.78, 5) is 30.1. The number of rotatable bonds is 6. The molecule has 19 heavy (non-hydrogen) atoms. The number of H-pyrrole nitrogens is 1. The van der Waals surface area contributed by atoms with Gasteiger partial charge in [-0.05, 0) is 6.42 Å². The lowest BCUT2D eigenvalue weighted by atomic mass is 9.96. The molecule has 6 nitrogen and oxygen atoms in total. The SMILES string of the molecule is CCCc1cc(=O)[nH]c(SCC(C)(C)C(=O)NN)n1. The van der Waals surface area contributed by atoms with E-state index in [1.54, 1.807) is 13.8 Å². The van der Waals surface area contributed by atoms with Crippen LogP contribution in [0.1, 0.15) is 32.9 Å². The van der Waals surface area contributed by atoms with Crippen LogP contribution in [0, 0.1) is 5.41 Å². The topological polar surface area (TPSA) is 101 Å². The molecule has 4 N–H and O–H groups in total. The summed E-state index contributed by atoms with van der Waals surface area (Å²) >= 11 is 1.34. The highest BCUT2D eigenvalue weighted by Crippen LogP contribution is 2.25. The Hall–Kier alpha value is -1.34. The summed E-state index contributed by atoms with van der Waals surface area (Å²) in [7, 11) is 0. The highest BCUT2D eigenvalue weighted by atomic mass is 32.2. The number of hydrazine groups is 1. The monoisotopic (exact) mass is 284 g/mol. The van der Waals surface area contributed by atoms with Crippen LogP contribution in [0.2, 0.25) is 0 Å². The standard InChI is InChI=1S/C12H20N4O2S/c1-4-5-8-6-9(17)15-11(14-8)19-7-12(2,3)10(18)16-13/h6H,4-5,7,13H2,1-3H3,(H,16,18)(H,14,15,17). The Morgan fingerprint density at radius 2 is 2.26 bits per heavy atom. The molecule has 1 rings (SSSR count). The van der Waals surface area contributed by atoms with Crippen LogP contribution < -0.4 is 16.8 Å². The van der Waals surface area contributed by atoms with Crippen LogP contribution in [-0.2, 0) is 11.2 Å². The van der Waals surface area contributed by atoms with Crippen molar-refractivity contribution in [3.05, 3.63) is 22.1 Å². The number of aryl methyl sites for hydroxylation is 1. The van der Waals surface area contributed by atoms with Crippen LogP contribution in [0.4, 0.5) is 0 Å². The molecule has 0 saturated heterocycles. The van der Waals surface area contributed by atoms with Crippen LogP contribution in [-0.4, -0.2) is 21.6 Å². The quantitative estimate of drug-likeness (QED) is 0.236. The van der Waals surface area contributed by atoms with E-state index in [1.165, 1.54) is 17.8 Å². The van der Waals surface area contributed by atoms with Crippen molar-refractivity contribution < 1.29 is 4.79 Å². The van der Waals surface area contributed by atoms with E-state index < -0.39 is 5.41 Å². The maximum absolute atomic E-state index is 11.5. The molecule has 0 aliphatic carbocycles. The zero-order valence-corrected chi connectivity index (χ0v) is 12.3. The first-order valence-electron chi connectivity index (χ1n) is 6.13. The number of amides is 1. The summed E-state index contributed by atoms with van der Waals surface area (Å²) in [6.45, 7) is 5.61. The number of aromatic amines is 1. The minimum Gasteiger partial charge on any atom is -0.301 e. The Morgan fingerprint density at radius 3 is 2.84 bits per heavy atom. The molecule has 0 saturated carbocycles. The maximum atomic E-state index is 11.5. The van der Waals surface area contributed by atoms with Gasteiger partial charge in [-0.3, -0.25) is 15.0 Å². The number of aromatic nitrogens is 2. The fraction of sp³-hybridized carbons (Fsp3) is 0.583. The largest absolute Gasteiger partial charge is 0.301 e. The van der Waals surface area contributed by atoms with Gasteiger partial charge in [0.2, 0.25) is 5.91 Å². The number of carbonyl (C=O) groups excluding carboxylic acids is 1. The van der Waals surface area contributed by atoms with Gasteiger partial charge in [0.25, 0.3) is 5.56 Å². The van der Waals surface area contributed by atoms with E-state index in [4.69, 9.17) is 5.84 Å². The van der Waals surface area contributed by atoms with Crippen molar-refractivity contribution in [2.45, 2.75) is 38.8 Å². The summed E-state index contributed by atoms with van der Waals surface area (Å²) in [6.07, 6.45) is 1.70. The van der Waals surface area contributed by atoms with E-state index in [9.17, 15) is 9.59 Å². The van der Waals surface area contributed by atoms with Gasteiger partial charge in [-0.25, -0.2) is 10.8 Å². The van der Waals surface area contributed by atoms with E-state index in [1.807, 2.05) is 6.92 Å². The first-order chi connectivity index (χ1) is 8.89. The van der Waals surface area contributed by atoms with E-state index in [0.717, 1.165) is 18.5 Å². The number of hydrogen-bond acceptors (Lipinski definition) is 5. The lowest BCUT2D eigenvalue weighted by Gasteiger charge is -2.21. The molecule has 7 heteroatoms. The molecule has 106 valence electrons. The van der Waals surface area contributed by atoms with Gasteiger partial charge in [-0.2, -0.15) is 0 Å². The van der Waals surface area contributed by atoms with Crippen LogP contribution in [0.5, 0.6) is 0 Å². The summed E-state index contributed by atoms with van der Waals surface area (Å²) in [5.41, 5.74) is 2.12. The molecular formula is C12H20N4O2S. The Bertz CT molecular complexity index is 499. The van der Waals surface area contributed by atoms with Crippen molar-refractivity contribution in [2.24, 2.45) is 11.3 Å². The van der Waals surface area contributed by atoms with Crippen molar-refractivity contribution >= 4 is 17.7 Å². The molecular weight excluding hydrogens is 264 g/mol. The fourth-order valence-corrected chi connectivity index (χ4v) is 2.43. The summed E-state index contributed by atoms with van der Waals surface area (Å²) in [5.74, 6) is 5.37. The van der Waals surface area contributed by atoms with Crippen LogP contribution >= 0.6 is 11.8 Å². The molecule has 0 unspecified atom stereocenters. The first kappa shape index (κ1) is 15.7. The maximum Gasteiger partial charge on any atom is 0.251 e.